The highest BCUT2D eigenvalue weighted by Crippen LogP contribution is 2.30. The maximum atomic E-state index is 12.6. The monoisotopic (exact) mass is 312 g/mol. The van der Waals surface area contributed by atoms with Crippen molar-refractivity contribution in [3.05, 3.63) is 47.0 Å². The quantitative estimate of drug-likeness (QED) is 0.642. The molecule has 0 bridgehead atoms. The first-order valence-corrected chi connectivity index (χ1v) is 6.29. The van der Waals surface area contributed by atoms with E-state index in [-0.39, 0.29) is 5.15 Å². The molecule has 0 saturated carbocycles. The smallest absolute Gasteiger partial charge is 0.221 e. The van der Waals surface area contributed by atoms with Gasteiger partial charge in [-0.2, -0.15) is 18.3 Å². The molecule has 0 unspecified atom stereocenters. The van der Waals surface area contributed by atoms with Crippen molar-refractivity contribution in [1.29, 1.82) is 0 Å². The third kappa shape index (κ3) is 2.44. The summed E-state index contributed by atoms with van der Waals surface area (Å²) in [6, 6.07) is 4.66. The number of halogens is 4. The van der Waals surface area contributed by atoms with Crippen molar-refractivity contribution in [2.24, 2.45) is 0 Å². The first-order chi connectivity index (χ1) is 9.86. The van der Waals surface area contributed by atoms with E-state index in [9.17, 15) is 13.2 Å². The summed E-state index contributed by atoms with van der Waals surface area (Å²) >= 11 is 5.99. The van der Waals surface area contributed by atoms with Gasteiger partial charge in [0.1, 0.15) is 11.0 Å². The van der Waals surface area contributed by atoms with Gasteiger partial charge in [0, 0.05) is 0 Å². The van der Waals surface area contributed by atoms with E-state index >= 15 is 0 Å². The van der Waals surface area contributed by atoms with Crippen molar-refractivity contribution in [3.8, 4) is 5.69 Å². The Balaban J connectivity index is 2.13. The number of alkyl halides is 3. The number of benzene rings is 1. The van der Waals surface area contributed by atoms with Crippen molar-refractivity contribution < 1.29 is 13.2 Å². The van der Waals surface area contributed by atoms with E-state index in [4.69, 9.17) is 11.6 Å². The summed E-state index contributed by atoms with van der Waals surface area (Å²) in [5.41, 5.74) is 0.200. The van der Waals surface area contributed by atoms with Gasteiger partial charge < -0.3 is 0 Å². The predicted octanol–water partition coefficient (Wildman–Crippen LogP) is 3.80. The van der Waals surface area contributed by atoms with Gasteiger partial charge in [0.05, 0.1) is 22.8 Å². The Morgan fingerprint density at radius 2 is 1.76 bits per heavy atom. The van der Waals surface area contributed by atoms with Crippen LogP contribution in [0.3, 0.4) is 0 Å². The molecule has 108 valence electrons. The number of aryl methyl sites for hydroxylation is 1. The van der Waals surface area contributed by atoms with Crippen molar-refractivity contribution >= 4 is 22.6 Å². The molecule has 1 aromatic carbocycles. The fraction of sp³-hybridized carbons (Fsp3) is 0.154. The molecule has 0 atom stereocenters. The molecule has 0 N–H and O–H groups in total. The topological polar surface area (TPSA) is 43.6 Å². The van der Waals surface area contributed by atoms with Gasteiger partial charge in [-0.1, -0.05) is 11.6 Å². The van der Waals surface area contributed by atoms with Gasteiger partial charge in [-0.15, -0.1) is 0 Å². The van der Waals surface area contributed by atoms with Crippen LogP contribution in [0.4, 0.5) is 13.2 Å². The molecule has 0 aliphatic rings. The van der Waals surface area contributed by atoms with Crippen LogP contribution in [-0.2, 0) is 6.18 Å². The highest BCUT2D eigenvalue weighted by molar-refractivity contribution is 6.33. The molecule has 3 rings (SSSR count). The van der Waals surface area contributed by atoms with Crippen LogP contribution in [0.5, 0.6) is 0 Å². The number of aromatic nitrogens is 4. The van der Waals surface area contributed by atoms with Crippen molar-refractivity contribution in [3.63, 3.8) is 0 Å². The van der Waals surface area contributed by atoms with Crippen molar-refractivity contribution in [2.45, 2.75) is 13.1 Å². The lowest BCUT2D eigenvalue weighted by atomic mass is 10.2. The highest BCUT2D eigenvalue weighted by atomic mass is 35.5. The summed E-state index contributed by atoms with van der Waals surface area (Å²) in [4.78, 5) is 8.23. The minimum atomic E-state index is -4.37. The molecule has 0 fully saturated rings. The second-order valence-corrected chi connectivity index (χ2v) is 4.76. The highest BCUT2D eigenvalue weighted by Gasteiger charge is 2.30. The van der Waals surface area contributed by atoms with Crippen LogP contribution in [0.1, 0.15) is 11.4 Å². The molecule has 4 nitrogen and oxygen atoms in total. The summed E-state index contributed by atoms with van der Waals surface area (Å²) in [5.74, 6) is 0.459. The Hall–Kier alpha value is -2.15. The number of nitrogens with zero attached hydrogens (tertiary/aromatic N) is 4. The summed E-state index contributed by atoms with van der Waals surface area (Å²) in [7, 11) is 0. The molecule has 3 aromatic rings. The molecule has 0 aliphatic carbocycles. The molecule has 0 radical (unpaired) electrons. The molecule has 21 heavy (non-hydrogen) atoms. The normalized spacial score (nSPS) is 12.0. The molecule has 0 aliphatic heterocycles. The molecule has 0 spiro atoms. The third-order valence-electron chi connectivity index (χ3n) is 2.93. The Morgan fingerprint density at radius 3 is 2.38 bits per heavy atom. The molecule has 0 amide bonds. The molecule has 8 heteroatoms. The second kappa shape index (κ2) is 4.70. The van der Waals surface area contributed by atoms with Crippen LogP contribution in [0.15, 0.2) is 30.5 Å². The number of rotatable bonds is 1. The average molecular weight is 313 g/mol. The van der Waals surface area contributed by atoms with Crippen molar-refractivity contribution in [2.75, 3.05) is 0 Å². The lowest BCUT2D eigenvalue weighted by Gasteiger charge is -2.08. The standard InChI is InChI=1S/C13H8ClF3N4/c1-7-19-11(14)10-6-18-21(12(10)20-7)9-4-2-8(3-5-9)13(15,16)17/h2-6H,1H3. The molecular weight excluding hydrogens is 305 g/mol. The zero-order valence-corrected chi connectivity index (χ0v) is 11.4. The Kier molecular flexibility index (Phi) is 3.09. The number of fused-ring (bicyclic) bond motifs is 1. The molecule has 0 saturated heterocycles. The predicted molar refractivity (Wildman–Crippen MR) is 71.4 cm³/mol. The van der Waals surface area contributed by atoms with E-state index in [2.05, 4.69) is 15.1 Å². The lowest BCUT2D eigenvalue weighted by Crippen LogP contribution is -2.05. The lowest BCUT2D eigenvalue weighted by molar-refractivity contribution is -0.137. The van der Waals surface area contributed by atoms with Gasteiger partial charge in [-0.3, -0.25) is 0 Å². The van der Waals surface area contributed by atoms with Crippen molar-refractivity contribution in [1.82, 2.24) is 19.7 Å². The Labute approximate surface area is 122 Å². The van der Waals surface area contributed by atoms with Gasteiger partial charge in [-0.25, -0.2) is 14.6 Å². The van der Waals surface area contributed by atoms with Gasteiger partial charge >= 0.3 is 6.18 Å². The zero-order chi connectivity index (χ0) is 15.2. The minimum absolute atomic E-state index is 0.260. The van der Waals surface area contributed by atoms with Gasteiger partial charge in [-0.05, 0) is 31.2 Å². The first-order valence-electron chi connectivity index (χ1n) is 5.92. The van der Waals surface area contributed by atoms with Crippen LogP contribution in [0.25, 0.3) is 16.7 Å². The van der Waals surface area contributed by atoms with Crippen LogP contribution >= 0.6 is 11.6 Å². The second-order valence-electron chi connectivity index (χ2n) is 4.40. The minimum Gasteiger partial charge on any atom is -0.221 e. The SMILES string of the molecule is Cc1nc(Cl)c2cnn(-c3ccc(C(F)(F)F)cc3)c2n1. The first kappa shape index (κ1) is 13.8. The van der Waals surface area contributed by atoms with E-state index < -0.39 is 11.7 Å². The van der Waals surface area contributed by atoms with Gasteiger partial charge in [0.15, 0.2) is 5.65 Å². The molecule has 2 aromatic heterocycles. The van der Waals surface area contributed by atoms with Crippen LogP contribution in [-0.4, -0.2) is 19.7 Å². The summed E-state index contributed by atoms with van der Waals surface area (Å²) < 4.78 is 39.1. The van der Waals surface area contributed by atoms with E-state index in [1.165, 1.54) is 23.0 Å². The number of hydrogen-bond acceptors (Lipinski definition) is 3. The Morgan fingerprint density at radius 1 is 1.10 bits per heavy atom. The van der Waals surface area contributed by atoms with Crippen LogP contribution < -0.4 is 0 Å². The summed E-state index contributed by atoms with van der Waals surface area (Å²) in [5, 5.41) is 4.91. The summed E-state index contributed by atoms with van der Waals surface area (Å²) in [6.45, 7) is 1.68. The Bertz CT molecular complexity index is 809. The average Bonchev–Trinajstić information content (AvgIpc) is 2.82. The summed E-state index contributed by atoms with van der Waals surface area (Å²) in [6.07, 6.45) is -2.89. The number of hydrogen-bond donors (Lipinski definition) is 0. The van der Waals surface area contributed by atoms with Crippen LogP contribution in [0.2, 0.25) is 5.15 Å². The molecule has 2 heterocycles. The van der Waals surface area contributed by atoms with E-state index in [1.807, 2.05) is 0 Å². The molecular formula is C13H8ClF3N4. The van der Waals surface area contributed by atoms with E-state index in [1.54, 1.807) is 6.92 Å². The maximum absolute atomic E-state index is 12.6. The maximum Gasteiger partial charge on any atom is 0.416 e. The zero-order valence-electron chi connectivity index (χ0n) is 10.7. The largest absolute Gasteiger partial charge is 0.416 e. The van der Waals surface area contributed by atoms with E-state index in [0.717, 1.165) is 12.1 Å². The van der Waals surface area contributed by atoms with Gasteiger partial charge in [0.25, 0.3) is 0 Å². The van der Waals surface area contributed by atoms with Crippen LogP contribution in [0, 0.1) is 6.92 Å². The fourth-order valence-corrected chi connectivity index (χ4v) is 2.21. The van der Waals surface area contributed by atoms with Gasteiger partial charge in [0.2, 0.25) is 0 Å². The van der Waals surface area contributed by atoms with E-state index in [0.29, 0.717) is 22.5 Å². The fourth-order valence-electron chi connectivity index (χ4n) is 1.96. The third-order valence-corrected chi connectivity index (χ3v) is 3.22.